The Labute approximate surface area is 203 Å². The molecule has 1 aliphatic rings. The number of sulfonamides is 1. The third kappa shape index (κ3) is 6.24. The summed E-state index contributed by atoms with van der Waals surface area (Å²) in [4.78, 5) is 24.8. The second-order valence-electron chi connectivity index (χ2n) is 7.58. The van der Waals surface area contributed by atoms with Crippen LogP contribution in [-0.2, 0) is 24.3 Å². The Balaban J connectivity index is 1.33. The SMILES string of the molecule is O=C(COC(=O)c1ccc(S(=O)(=O)N2CCOCC2)cc1)Nc1ccccc1Oc1ccccc1. The maximum Gasteiger partial charge on any atom is 0.338 e. The van der Waals surface area contributed by atoms with E-state index in [9.17, 15) is 18.0 Å². The first-order valence-electron chi connectivity index (χ1n) is 10.9. The molecule has 1 amide bonds. The van der Waals surface area contributed by atoms with E-state index in [2.05, 4.69) is 5.32 Å². The number of morpholine rings is 1. The highest BCUT2D eigenvalue weighted by atomic mass is 32.2. The number of carbonyl (C=O) groups excluding carboxylic acids is 2. The summed E-state index contributed by atoms with van der Waals surface area (Å²) in [6.45, 7) is 0.719. The molecule has 4 rings (SSSR count). The first kappa shape index (κ1) is 24.4. The second-order valence-corrected chi connectivity index (χ2v) is 9.51. The van der Waals surface area contributed by atoms with E-state index in [-0.39, 0.29) is 23.5 Å². The zero-order chi connectivity index (χ0) is 24.7. The van der Waals surface area contributed by atoms with Crippen molar-refractivity contribution in [1.82, 2.24) is 4.31 Å². The maximum absolute atomic E-state index is 12.7. The Morgan fingerprint density at radius 2 is 1.54 bits per heavy atom. The van der Waals surface area contributed by atoms with E-state index >= 15 is 0 Å². The van der Waals surface area contributed by atoms with E-state index in [0.29, 0.717) is 30.4 Å². The molecule has 0 aromatic heterocycles. The highest BCUT2D eigenvalue weighted by Crippen LogP contribution is 2.29. The first-order chi connectivity index (χ1) is 16.9. The fourth-order valence-electron chi connectivity index (χ4n) is 3.37. The molecule has 10 heteroatoms. The lowest BCUT2D eigenvalue weighted by atomic mass is 10.2. The predicted octanol–water partition coefficient (Wildman–Crippen LogP) is 3.30. The zero-order valence-electron chi connectivity index (χ0n) is 18.8. The van der Waals surface area contributed by atoms with E-state index in [4.69, 9.17) is 14.2 Å². The number of para-hydroxylation sites is 3. The average Bonchev–Trinajstić information content (AvgIpc) is 2.89. The number of anilines is 1. The molecule has 1 aliphatic heterocycles. The maximum atomic E-state index is 12.7. The molecule has 1 heterocycles. The topological polar surface area (TPSA) is 111 Å². The van der Waals surface area contributed by atoms with Crippen LogP contribution in [-0.4, -0.2) is 57.5 Å². The minimum Gasteiger partial charge on any atom is -0.455 e. The third-order valence-corrected chi connectivity index (χ3v) is 7.08. The summed E-state index contributed by atoms with van der Waals surface area (Å²) in [6.07, 6.45) is 0. The average molecular weight is 497 g/mol. The quantitative estimate of drug-likeness (QED) is 0.477. The molecule has 0 bridgehead atoms. The minimum atomic E-state index is -3.67. The predicted molar refractivity (Wildman–Crippen MR) is 128 cm³/mol. The molecule has 182 valence electrons. The monoisotopic (exact) mass is 496 g/mol. The lowest BCUT2D eigenvalue weighted by Gasteiger charge is -2.26. The van der Waals surface area contributed by atoms with Crippen LogP contribution in [0.15, 0.2) is 83.8 Å². The third-order valence-electron chi connectivity index (χ3n) is 5.16. The van der Waals surface area contributed by atoms with Gasteiger partial charge >= 0.3 is 5.97 Å². The van der Waals surface area contributed by atoms with Gasteiger partial charge in [-0.1, -0.05) is 30.3 Å². The molecule has 3 aromatic rings. The van der Waals surface area contributed by atoms with Crippen molar-refractivity contribution >= 4 is 27.6 Å². The molecular formula is C25H24N2O7S. The van der Waals surface area contributed by atoms with Gasteiger partial charge in [0.1, 0.15) is 5.75 Å². The number of nitrogens with zero attached hydrogens (tertiary/aromatic N) is 1. The largest absolute Gasteiger partial charge is 0.455 e. The van der Waals surface area contributed by atoms with E-state index in [1.165, 1.54) is 28.6 Å². The van der Waals surface area contributed by atoms with Gasteiger partial charge in [0.05, 0.1) is 29.4 Å². The van der Waals surface area contributed by atoms with Gasteiger partial charge < -0.3 is 19.5 Å². The van der Waals surface area contributed by atoms with Crippen molar-refractivity contribution in [2.24, 2.45) is 0 Å². The molecule has 0 atom stereocenters. The number of hydrogen-bond acceptors (Lipinski definition) is 7. The molecule has 0 spiro atoms. The summed E-state index contributed by atoms with van der Waals surface area (Å²) in [5.41, 5.74) is 0.557. The summed E-state index contributed by atoms with van der Waals surface area (Å²) in [6, 6.07) is 21.4. The van der Waals surface area contributed by atoms with E-state index in [0.717, 1.165) is 0 Å². The molecule has 0 unspecified atom stereocenters. The van der Waals surface area contributed by atoms with Crippen LogP contribution in [0.1, 0.15) is 10.4 Å². The number of ether oxygens (including phenoxy) is 3. The van der Waals surface area contributed by atoms with Gasteiger partial charge in [0.2, 0.25) is 10.0 Å². The van der Waals surface area contributed by atoms with Gasteiger partial charge in [-0.05, 0) is 48.5 Å². The highest BCUT2D eigenvalue weighted by Gasteiger charge is 2.26. The summed E-state index contributed by atoms with van der Waals surface area (Å²) in [5.74, 6) is -0.242. The number of nitrogens with one attached hydrogen (secondary N) is 1. The summed E-state index contributed by atoms with van der Waals surface area (Å²) >= 11 is 0. The Hall–Kier alpha value is -3.73. The van der Waals surface area contributed by atoms with Crippen molar-refractivity contribution in [3.05, 3.63) is 84.4 Å². The van der Waals surface area contributed by atoms with Crippen LogP contribution in [0.5, 0.6) is 11.5 Å². The Bertz CT molecular complexity index is 1270. The smallest absolute Gasteiger partial charge is 0.338 e. The molecule has 3 aromatic carbocycles. The minimum absolute atomic E-state index is 0.0729. The summed E-state index contributed by atoms with van der Waals surface area (Å²) in [7, 11) is -3.67. The normalized spacial score (nSPS) is 14.2. The van der Waals surface area contributed by atoms with Crippen LogP contribution in [0, 0.1) is 0 Å². The van der Waals surface area contributed by atoms with Crippen molar-refractivity contribution in [2.75, 3.05) is 38.2 Å². The van der Waals surface area contributed by atoms with Crippen LogP contribution >= 0.6 is 0 Å². The molecule has 0 radical (unpaired) electrons. The van der Waals surface area contributed by atoms with Crippen molar-refractivity contribution in [2.45, 2.75) is 4.90 Å². The van der Waals surface area contributed by atoms with Crippen LogP contribution in [0.2, 0.25) is 0 Å². The number of carbonyl (C=O) groups is 2. The number of rotatable bonds is 8. The van der Waals surface area contributed by atoms with Crippen LogP contribution < -0.4 is 10.1 Å². The van der Waals surface area contributed by atoms with Gasteiger partial charge in [0.15, 0.2) is 12.4 Å². The first-order valence-corrected chi connectivity index (χ1v) is 12.3. The van der Waals surface area contributed by atoms with Gasteiger partial charge in [0.25, 0.3) is 5.91 Å². The lowest BCUT2D eigenvalue weighted by Crippen LogP contribution is -2.40. The van der Waals surface area contributed by atoms with Gasteiger partial charge in [-0.3, -0.25) is 4.79 Å². The molecule has 1 N–H and O–H groups in total. The molecule has 1 saturated heterocycles. The number of esters is 1. The number of benzene rings is 3. The van der Waals surface area contributed by atoms with Crippen LogP contribution in [0.25, 0.3) is 0 Å². The van der Waals surface area contributed by atoms with Crippen molar-refractivity contribution in [3.63, 3.8) is 0 Å². The van der Waals surface area contributed by atoms with Gasteiger partial charge in [-0.15, -0.1) is 0 Å². The van der Waals surface area contributed by atoms with Gasteiger partial charge in [-0.25, -0.2) is 13.2 Å². The fourth-order valence-corrected chi connectivity index (χ4v) is 4.78. The highest BCUT2D eigenvalue weighted by molar-refractivity contribution is 7.89. The Morgan fingerprint density at radius 1 is 0.886 bits per heavy atom. The van der Waals surface area contributed by atoms with Crippen LogP contribution in [0.4, 0.5) is 5.69 Å². The zero-order valence-corrected chi connectivity index (χ0v) is 19.6. The van der Waals surface area contributed by atoms with Crippen molar-refractivity contribution < 1.29 is 32.2 Å². The summed E-state index contributed by atoms with van der Waals surface area (Å²) < 4.78 is 42.8. The number of hydrogen-bond donors (Lipinski definition) is 1. The molecular weight excluding hydrogens is 472 g/mol. The van der Waals surface area contributed by atoms with Gasteiger partial charge in [0, 0.05) is 13.1 Å². The number of amides is 1. The van der Waals surface area contributed by atoms with Gasteiger partial charge in [-0.2, -0.15) is 4.31 Å². The Kier molecular flexibility index (Phi) is 7.76. The van der Waals surface area contributed by atoms with Crippen molar-refractivity contribution in [3.8, 4) is 11.5 Å². The van der Waals surface area contributed by atoms with E-state index in [1.54, 1.807) is 36.4 Å². The van der Waals surface area contributed by atoms with Crippen molar-refractivity contribution in [1.29, 1.82) is 0 Å². The molecule has 35 heavy (non-hydrogen) atoms. The standard InChI is InChI=1S/C25H24N2O7S/c28-24(26-22-8-4-5-9-23(22)34-20-6-2-1-3-7-20)18-33-25(29)19-10-12-21(13-11-19)35(30,31)27-14-16-32-17-15-27/h1-13H,14-18H2,(H,26,28). The van der Waals surface area contributed by atoms with E-state index < -0.39 is 28.5 Å². The molecule has 9 nitrogen and oxygen atoms in total. The van der Waals surface area contributed by atoms with E-state index in [1.807, 2.05) is 18.2 Å². The molecule has 1 fully saturated rings. The Morgan fingerprint density at radius 3 is 2.26 bits per heavy atom. The summed E-state index contributed by atoms with van der Waals surface area (Å²) in [5, 5.41) is 2.67. The second kappa shape index (κ2) is 11.1. The van der Waals surface area contributed by atoms with Crippen LogP contribution in [0.3, 0.4) is 0 Å². The lowest BCUT2D eigenvalue weighted by molar-refractivity contribution is -0.119. The molecule has 0 saturated carbocycles. The fraction of sp³-hybridized carbons (Fsp3) is 0.200. The molecule has 0 aliphatic carbocycles.